The van der Waals surface area contributed by atoms with E-state index in [4.69, 9.17) is 9.88 Å². The van der Waals surface area contributed by atoms with E-state index in [2.05, 4.69) is 4.18 Å². The number of esters is 1. The van der Waals surface area contributed by atoms with E-state index >= 15 is 0 Å². The van der Waals surface area contributed by atoms with Crippen LogP contribution in [0.2, 0.25) is 0 Å². The number of carbonyl (C=O) groups is 1. The van der Waals surface area contributed by atoms with Crippen molar-refractivity contribution < 1.29 is 22.1 Å². The fourth-order valence-electron chi connectivity index (χ4n) is 1.67. The maximum Gasteiger partial charge on any atom is 0.337 e. The number of nitrogens with two attached hydrogens (primary N) is 1. The monoisotopic (exact) mass is 315 g/mol. The van der Waals surface area contributed by atoms with Gasteiger partial charge >= 0.3 is 16.3 Å². The second-order valence-electron chi connectivity index (χ2n) is 5.14. The van der Waals surface area contributed by atoms with Crippen LogP contribution in [0, 0.1) is 5.92 Å². The molecule has 6 nitrogen and oxygen atoms in total. The third-order valence-electron chi connectivity index (χ3n) is 2.74. The van der Waals surface area contributed by atoms with Gasteiger partial charge in [0.15, 0.2) is 6.10 Å². The van der Waals surface area contributed by atoms with Gasteiger partial charge in [0, 0.05) is 0 Å². The van der Waals surface area contributed by atoms with Gasteiger partial charge in [0.25, 0.3) is 0 Å². The number of rotatable bonds is 8. The first-order chi connectivity index (χ1) is 9.78. The van der Waals surface area contributed by atoms with E-state index in [1.54, 1.807) is 12.1 Å². The van der Waals surface area contributed by atoms with E-state index in [1.165, 1.54) is 0 Å². The van der Waals surface area contributed by atoms with Gasteiger partial charge in [-0.15, -0.1) is 0 Å². The first kappa shape index (κ1) is 17.6. The predicted octanol–water partition coefficient (Wildman–Crippen LogP) is 1.75. The lowest BCUT2D eigenvalue weighted by atomic mass is 10.1. The smallest absolute Gasteiger partial charge is 0.337 e. The molecule has 0 unspecified atom stereocenters. The van der Waals surface area contributed by atoms with Crippen LogP contribution in [0.15, 0.2) is 30.3 Å². The Morgan fingerprint density at radius 1 is 1.19 bits per heavy atom. The second-order valence-corrected chi connectivity index (χ2v) is 6.32. The van der Waals surface area contributed by atoms with Gasteiger partial charge in [-0.2, -0.15) is 8.42 Å². The van der Waals surface area contributed by atoms with E-state index < -0.39 is 22.4 Å². The van der Waals surface area contributed by atoms with Crippen molar-refractivity contribution in [3.63, 3.8) is 0 Å². The van der Waals surface area contributed by atoms with Crippen LogP contribution in [-0.2, 0) is 30.6 Å². The van der Waals surface area contributed by atoms with Gasteiger partial charge in [0.2, 0.25) is 0 Å². The largest absolute Gasteiger partial charge is 0.459 e. The summed E-state index contributed by atoms with van der Waals surface area (Å²) in [6, 6.07) is 9.09. The van der Waals surface area contributed by atoms with Crippen molar-refractivity contribution in [2.24, 2.45) is 11.1 Å². The summed E-state index contributed by atoms with van der Waals surface area (Å²) in [7, 11) is -4.20. The summed E-state index contributed by atoms with van der Waals surface area (Å²) in [5, 5.41) is 4.83. The normalized spacial score (nSPS) is 13.1. The minimum atomic E-state index is -4.20. The van der Waals surface area contributed by atoms with Gasteiger partial charge in [0.05, 0.1) is 0 Å². The molecule has 0 aromatic heterocycles. The second kappa shape index (κ2) is 8.11. The molecule has 0 aliphatic rings. The molecule has 0 saturated heterocycles. The molecule has 1 rings (SSSR count). The number of hydrogen-bond donors (Lipinski definition) is 1. The maximum absolute atomic E-state index is 11.9. The molecule has 0 heterocycles. The van der Waals surface area contributed by atoms with E-state index in [0.29, 0.717) is 12.3 Å². The summed E-state index contributed by atoms with van der Waals surface area (Å²) in [4.78, 5) is 11.9. The molecule has 118 valence electrons. The number of ether oxygens (including phenoxy) is 1. The average molecular weight is 315 g/mol. The van der Waals surface area contributed by atoms with Gasteiger partial charge in [0.1, 0.15) is 6.61 Å². The van der Waals surface area contributed by atoms with Crippen molar-refractivity contribution in [3.05, 3.63) is 35.9 Å². The van der Waals surface area contributed by atoms with E-state index in [1.807, 2.05) is 32.0 Å². The molecule has 2 N–H and O–H groups in total. The van der Waals surface area contributed by atoms with Crippen LogP contribution < -0.4 is 5.14 Å². The molecule has 7 heteroatoms. The van der Waals surface area contributed by atoms with Crippen LogP contribution in [0.5, 0.6) is 0 Å². The molecule has 0 spiro atoms. The Labute approximate surface area is 125 Å². The summed E-state index contributed by atoms with van der Waals surface area (Å²) in [5.41, 5.74) is 0.809. The first-order valence-electron chi connectivity index (χ1n) is 6.69. The Morgan fingerprint density at radius 2 is 1.81 bits per heavy atom. The van der Waals surface area contributed by atoms with Crippen molar-refractivity contribution in [1.82, 2.24) is 0 Å². The van der Waals surface area contributed by atoms with Crippen LogP contribution in [0.3, 0.4) is 0 Å². The third kappa shape index (κ3) is 7.79. The zero-order valence-electron chi connectivity index (χ0n) is 12.2. The minimum absolute atomic E-state index is 0.0613. The van der Waals surface area contributed by atoms with E-state index in [9.17, 15) is 13.2 Å². The molecule has 0 bridgehead atoms. The fourth-order valence-corrected chi connectivity index (χ4v) is 2.17. The van der Waals surface area contributed by atoms with E-state index in [0.717, 1.165) is 5.56 Å². The lowest BCUT2D eigenvalue weighted by Gasteiger charge is -2.16. The zero-order valence-corrected chi connectivity index (χ0v) is 13.0. The topological polar surface area (TPSA) is 95.7 Å². The van der Waals surface area contributed by atoms with Gasteiger partial charge in [-0.3, -0.25) is 0 Å². The summed E-state index contributed by atoms with van der Waals surface area (Å²) in [6.07, 6.45) is -0.339. The number of benzene rings is 1. The quantitative estimate of drug-likeness (QED) is 0.737. The third-order valence-corrected chi connectivity index (χ3v) is 3.24. The molecule has 0 aliphatic carbocycles. The Balaban J connectivity index is 2.61. The molecule has 0 amide bonds. The van der Waals surface area contributed by atoms with Crippen molar-refractivity contribution in [1.29, 1.82) is 0 Å². The predicted molar refractivity (Wildman–Crippen MR) is 78.3 cm³/mol. The van der Waals surface area contributed by atoms with Crippen molar-refractivity contribution >= 4 is 16.3 Å². The van der Waals surface area contributed by atoms with Crippen LogP contribution in [0.25, 0.3) is 0 Å². The highest BCUT2D eigenvalue weighted by Crippen LogP contribution is 2.13. The average Bonchev–Trinajstić information content (AvgIpc) is 2.40. The molecule has 0 radical (unpaired) electrons. The zero-order chi connectivity index (χ0) is 15.9. The SMILES string of the molecule is CC(C)CC[C@H](OS(N)(=O)=O)C(=O)OCc1ccccc1. The molecule has 1 aromatic rings. The highest BCUT2D eigenvalue weighted by atomic mass is 32.2. The Bertz CT molecular complexity index is 542. The molecule has 0 aliphatic heterocycles. The Morgan fingerprint density at radius 3 is 2.33 bits per heavy atom. The molecule has 0 fully saturated rings. The van der Waals surface area contributed by atoms with Crippen LogP contribution >= 0.6 is 0 Å². The summed E-state index contributed by atoms with van der Waals surface area (Å²) in [6.45, 7) is 3.98. The summed E-state index contributed by atoms with van der Waals surface area (Å²) in [5.74, 6) is -0.424. The van der Waals surface area contributed by atoms with Crippen molar-refractivity contribution in [2.75, 3.05) is 0 Å². The minimum Gasteiger partial charge on any atom is -0.459 e. The molecule has 21 heavy (non-hydrogen) atoms. The molecule has 1 aromatic carbocycles. The van der Waals surface area contributed by atoms with Gasteiger partial charge in [-0.1, -0.05) is 44.2 Å². The fraction of sp³-hybridized carbons (Fsp3) is 0.500. The highest BCUT2D eigenvalue weighted by molar-refractivity contribution is 7.84. The summed E-state index contributed by atoms with van der Waals surface area (Å²) < 4.78 is 31.7. The highest BCUT2D eigenvalue weighted by Gasteiger charge is 2.25. The Kier molecular flexibility index (Phi) is 6.80. The maximum atomic E-state index is 11.9. The lowest BCUT2D eigenvalue weighted by Crippen LogP contribution is -2.32. The Hall–Kier alpha value is -1.44. The van der Waals surface area contributed by atoms with Crippen molar-refractivity contribution in [3.8, 4) is 0 Å². The first-order valence-corrected chi connectivity index (χ1v) is 8.16. The number of hydrogen-bond acceptors (Lipinski definition) is 5. The molecule has 1 atom stereocenters. The lowest BCUT2D eigenvalue weighted by molar-refractivity contribution is -0.153. The summed E-state index contributed by atoms with van der Waals surface area (Å²) >= 11 is 0. The van der Waals surface area contributed by atoms with Crippen LogP contribution in [0.1, 0.15) is 32.3 Å². The van der Waals surface area contributed by atoms with Gasteiger partial charge < -0.3 is 4.74 Å². The standard InChI is InChI=1S/C14H21NO5S/c1-11(2)8-9-13(20-21(15,17)18)14(16)19-10-12-6-4-3-5-7-12/h3-7,11,13H,8-10H2,1-2H3,(H2,15,17,18)/t13-/m0/s1. The molecular weight excluding hydrogens is 294 g/mol. The van der Waals surface area contributed by atoms with Crippen LogP contribution in [0.4, 0.5) is 0 Å². The van der Waals surface area contributed by atoms with E-state index in [-0.39, 0.29) is 13.0 Å². The number of carbonyl (C=O) groups excluding carboxylic acids is 1. The molecular formula is C14H21NO5S. The van der Waals surface area contributed by atoms with Crippen molar-refractivity contribution in [2.45, 2.75) is 39.4 Å². The van der Waals surface area contributed by atoms with Crippen LogP contribution in [-0.4, -0.2) is 20.5 Å². The van der Waals surface area contributed by atoms with Gasteiger partial charge in [-0.05, 0) is 24.3 Å². The van der Waals surface area contributed by atoms with Gasteiger partial charge in [-0.25, -0.2) is 14.1 Å². The molecule has 0 saturated carbocycles.